The van der Waals surface area contributed by atoms with E-state index in [9.17, 15) is 4.79 Å². The number of hydrogen-bond acceptors (Lipinski definition) is 4. The molecule has 1 fully saturated rings. The van der Waals surface area contributed by atoms with E-state index in [1.165, 1.54) is 29.7 Å². The molecule has 2 aromatic heterocycles. The molecule has 2 aromatic rings. The summed E-state index contributed by atoms with van der Waals surface area (Å²) in [6.07, 6.45) is 5.90. The van der Waals surface area contributed by atoms with Gasteiger partial charge in [0.1, 0.15) is 10.7 Å². The predicted octanol–water partition coefficient (Wildman–Crippen LogP) is 3.34. The van der Waals surface area contributed by atoms with E-state index in [0.717, 1.165) is 60.4 Å². The number of aryl methyl sites for hydroxylation is 2. The fourth-order valence-corrected chi connectivity index (χ4v) is 5.70. The van der Waals surface area contributed by atoms with E-state index < -0.39 is 0 Å². The summed E-state index contributed by atoms with van der Waals surface area (Å²) < 4.78 is 0. The second kappa shape index (κ2) is 6.02. The Morgan fingerprint density at radius 3 is 2.74 bits per heavy atom. The van der Waals surface area contributed by atoms with Gasteiger partial charge < -0.3 is 4.98 Å². The van der Waals surface area contributed by atoms with Gasteiger partial charge in [-0.15, -0.1) is 11.3 Å². The molecule has 0 amide bonds. The van der Waals surface area contributed by atoms with Crippen LogP contribution in [0.3, 0.4) is 0 Å². The molecule has 4 rings (SSSR count). The van der Waals surface area contributed by atoms with E-state index >= 15 is 0 Å². The van der Waals surface area contributed by atoms with Gasteiger partial charge in [0.25, 0.3) is 5.56 Å². The molecule has 4 nitrogen and oxygen atoms in total. The maximum Gasteiger partial charge on any atom is 0.259 e. The Hall–Kier alpha value is -1.20. The molecule has 0 radical (unpaired) electrons. The molecular weight excluding hydrogens is 306 g/mol. The SMILES string of the molecule is C[C@H]1C[C@H](C)CN(Cc2nc3sc4c(c3c(=O)[nH]2)CCCC4)C1. The van der Waals surface area contributed by atoms with Gasteiger partial charge in [-0.05, 0) is 49.5 Å². The van der Waals surface area contributed by atoms with Crippen LogP contribution >= 0.6 is 11.3 Å². The number of thiophene rings is 1. The molecular formula is C18H25N3OS. The number of nitrogens with one attached hydrogen (secondary N) is 1. The summed E-state index contributed by atoms with van der Waals surface area (Å²) in [4.78, 5) is 25.2. The van der Waals surface area contributed by atoms with Gasteiger partial charge in [-0.1, -0.05) is 13.8 Å². The van der Waals surface area contributed by atoms with Crippen LogP contribution in [0.25, 0.3) is 10.2 Å². The molecule has 124 valence electrons. The lowest BCUT2D eigenvalue weighted by Crippen LogP contribution is -2.38. The number of H-pyrrole nitrogens is 1. The van der Waals surface area contributed by atoms with Crippen LogP contribution in [0.2, 0.25) is 0 Å². The minimum absolute atomic E-state index is 0.0718. The Bertz CT molecular complexity index is 768. The fourth-order valence-electron chi connectivity index (χ4n) is 4.42. The highest BCUT2D eigenvalue weighted by Gasteiger charge is 2.24. The largest absolute Gasteiger partial charge is 0.309 e. The number of piperidine rings is 1. The van der Waals surface area contributed by atoms with Crippen LogP contribution in [-0.2, 0) is 19.4 Å². The predicted molar refractivity (Wildman–Crippen MR) is 95.1 cm³/mol. The standard InChI is InChI=1S/C18H25N3OS/c1-11-7-12(2)9-21(8-11)10-15-19-17(22)16-13-5-3-4-6-14(13)23-18(16)20-15/h11-12H,3-10H2,1-2H3,(H,19,20,22)/t11-,12-/m0/s1. The summed E-state index contributed by atoms with van der Waals surface area (Å²) in [7, 11) is 0. The first-order chi connectivity index (χ1) is 11.1. The van der Waals surface area contributed by atoms with Crippen LogP contribution in [0, 0.1) is 11.8 Å². The lowest BCUT2D eigenvalue weighted by atomic mass is 9.92. The molecule has 0 unspecified atom stereocenters. The summed E-state index contributed by atoms with van der Waals surface area (Å²) in [5.41, 5.74) is 1.35. The normalized spacial score (nSPS) is 25.7. The molecule has 1 saturated heterocycles. The van der Waals surface area contributed by atoms with Gasteiger partial charge >= 0.3 is 0 Å². The third kappa shape index (κ3) is 2.96. The molecule has 0 saturated carbocycles. The molecule has 0 aromatic carbocycles. The van der Waals surface area contributed by atoms with Crippen LogP contribution in [0.1, 0.15) is 49.4 Å². The van der Waals surface area contributed by atoms with Crippen molar-refractivity contribution in [3.63, 3.8) is 0 Å². The Kier molecular flexibility index (Phi) is 4.01. The zero-order valence-corrected chi connectivity index (χ0v) is 14.8. The van der Waals surface area contributed by atoms with Crippen LogP contribution in [0.5, 0.6) is 0 Å². The van der Waals surface area contributed by atoms with Gasteiger partial charge in [0.05, 0.1) is 11.9 Å². The molecule has 3 heterocycles. The Balaban J connectivity index is 1.65. The first-order valence-corrected chi connectivity index (χ1v) is 9.67. The highest BCUT2D eigenvalue weighted by molar-refractivity contribution is 7.18. The molecule has 5 heteroatoms. The summed E-state index contributed by atoms with van der Waals surface area (Å²) in [5.74, 6) is 2.29. The Morgan fingerprint density at radius 2 is 1.96 bits per heavy atom. The van der Waals surface area contributed by atoms with E-state index in [-0.39, 0.29) is 5.56 Å². The van der Waals surface area contributed by atoms with Crippen LogP contribution < -0.4 is 5.56 Å². The van der Waals surface area contributed by atoms with Crippen molar-refractivity contribution in [1.29, 1.82) is 0 Å². The highest BCUT2D eigenvalue weighted by Crippen LogP contribution is 2.33. The first kappa shape index (κ1) is 15.3. The van der Waals surface area contributed by atoms with Crippen molar-refractivity contribution in [2.45, 2.75) is 52.5 Å². The molecule has 1 aliphatic heterocycles. The average molecular weight is 331 g/mol. The monoisotopic (exact) mass is 331 g/mol. The third-order valence-corrected chi connectivity index (χ3v) is 6.38. The molecule has 2 aliphatic rings. The highest BCUT2D eigenvalue weighted by atomic mass is 32.1. The molecule has 1 N–H and O–H groups in total. The van der Waals surface area contributed by atoms with Crippen molar-refractivity contribution in [3.05, 3.63) is 26.6 Å². The van der Waals surface area contributed by atoms with Crippen molar-refractivity contribution in [2.75, 3.05) is 13.1 Å². The van der Waals surface area contributed by atoms with E-state index in [4.69, 9.17) is 4.98 Å². The molecule has 0 spiro atoms. The average Bonchev–Trinajstić information content (AvgIpc) is 2.84. The number of nitrogens with zero attached hydrogens (tertiary/aromatic N) is 2. The summed E-state index contributed by atoms with van der Waals surface area (Å²) in [5, 5.41) is 0.869. The molecule has 0 bridgehead atoms. The Labute approximate surface area is 140 Å². The second-order valence-corrected chi connectivity index (χ2v) is 8.63. The summed E-state index contributed by atoms with van der Waals surface area (Å²) in [6.45, 7) is 7.60. The maximum atomic E-state index is 12.6. The van der Waals surface area contributed by atoms with Gasteiger partial charge in [-0.2, -0.15) is 0 Å². The van der Waals surface area contributed by atoms with Crippen molar-refractivity contribution in [2.24, 2.45) is 11.8 Å². The van der Waals surface area contributed by atoms with Crippen LogP contribution in [-0.4, -0.2) is 28.0 Å². The number of likely N-dealkylation sites (tertiary alicyclic amines) is 1. The van der Waals surface area contributed by atoms with Crippen molar-refractivity contribution in [1.82, 2.24) is 14.9 Å². The van der Waals surface area contributed by atoms with Crippen LogP contribution in [0.15, 0.2) is 4.79 Å². The van der Waals surface area contributed by atoms with Crippen molar-refractivity contribution < 1.29 is 0 Å². The number of aromatic amines is 1. The third-order valence-electron chi connectivity index (χ3n) is 5.19. The van der Waals surface area contributed by atoms with Crippen LogP contribution in [0.4, 0.5) is 0 Å². The van der Waals surface area contributed by atoms with Crippen molar-refractivity contribution >= 4 is 21.6 Å². The fraction of sp³-hybridized carbons (Fsp3) is 0.667. The van der Waals surface area contributed by atoms with Gasteiger partial charge in [0, 0.05) is 18.0 Å². The minimum Gasteiger partial charge on any atom is -0.309 e. The molecule has 23 heavy (non-hydrogen) atoms. The smallest absolute Gasteiger partial charge is 0.259 e. The zero-order valence-electron chi connectivity index (χ0n) is 14.0. The number of aromatic nitrogens is 2. The van der Waals surface area contributed by atoms with Gasteiger partial charge in [-0.3, -0.25) is 9.69 Å². The number of hydrogen-bond donors (Lipinski definition) is 1. The molecule has 2 atom stereocenters. The Morgan fingerprint density at radius 1 is 1.22 bits per heavy atom. The van der Waals surface area contributed by atoms with Gasteiger partial charge in [-0.25, -0.2) is 4.98 Å². The van der Waals surface area contributed by atoms with E-state index in [0.29, 0.717) is 0 Å². The van der Waals surface area contributed by atoms with E-state index in [1.807, 2.05) is 0 Å². The lowest BCUT2D eigenvalue weighted by Gasteiger charge is -2.34. The maximum absolute atomic E-state index is 12.6. The first-order valence-electron chi connectivity index (χ1n) is 8.86. The van der Waals surface area contributed by atoms with E-state index in [2.05, 4.69) is 23.7 Å². The number of fused-ring (bicyclic) bond motifs is 3. The zero-order chi connectivity index (χ0) is 16.0. The quantitative estimate of drug-likeness (QED) is 0.918. The van der Waals surface area contributed by atoms with Crippen molar-refractivity contribution in [3.8, 4) is 0 Å². The van der Waals surface area contributed by atoms with Gasteiger partial charge in [0.2, 0.25) is 0 Å². The number of rotatable bonds is 2. The lowest BCUT2D eigenvalue weighted by molar-refractivity contribution is 0.131. The molecule has 1 aliphatic carbocycles. The minimum atomic E-state index is 0.0718. The van der Waals surface area contributed by atoms with E-state index in [1.54, 1.807) is 11.3 Å². The summed E-state index contributed by atoms with van der Waals surface area (Å²) >= 11 is 1.74. The second-order valence-electron chi connectivity index (χ2n) is 7.54. The topological polar surface area (TPSA) is 49.0 Å². The van der Waals surface area contributed by atoms with Gasteiger partial charge in [0.15, 0.2) is 0 Å². The summed E-state index contributed by atoms with van der Waals surface area (Å²) in [6, 6.07) is 0.